The van der Waals surface area contributed by atoms with Crippen LogP contribution in [0.3, 0.4) is 0 Å². The van der Waals surface area contributed by atoms with E-state index in [0.29, 0.717) is 11.3 Å². The van der Waals surface area contributed by atoms with Crippen LogP contribution in [0.2, 0.25) is 0 Å². The number of hydrogen-bond donors (Lipinski definition) is 1. The average molecular weight is 404 g/mol. The zero-order valence-electron chi connectivity index (χ0n) is 15.2. The number of nitro benzene ring substituents is 1. The molecule has 0 aliphatic carbocycles. The van der Waals surface area contributed by atoms with E-state index in [0.717, 1.165) is 21.9 Å². The van der Waals surface area contributed by atoms with E-state index in [9.17, 15) is 14.9 Å². The minimum Gasteiger partial charge on any atom is -0.366 e. The Labute approximate surface area is 170 Å². The Morgan fingerprint density at radius 1 is 1.07 bits per heavy atom. The zero-order valence-corrected chi connectivity index (χ0v) is 16.0. The van der Waals surface area contributed by atoms with Crippen molar-refractivity contribution in [2.24, 2.45) is 5.73 Å². The molecule has 144 valence electrons. The summed E-state index contributed by atoms with van der Waals surface area (Å²) in [6, 6.07) is 21.9. The summed E-state index contributed by atoms with van der Waals surface area (Å²) in [5, 5.41) is 12.2. The fraction of sp³-hybridized carbons (Fsp3) is 0.0476. The Morgan fingerprint density at radius 2 is 1.79 bits per heavy atom. The first-order chi connectivity index (χ1) is 14.0. The van der Waals surface area contributed by atoms with Crippen LogP contribution in [-0.4, -0.2) is 20.4 Å². The standard InChI is InChI=1S/C21H16N4O3S/c22-20(26)14-10-11-15(19(12-14)25(27)28)13-29-21-23-17-8-4-5-9-18(17)24(21)16-6-2-1-3-7-16/h1-12H,13H2,(H2,22,26). The third-order valence-corrected chi connectivity index (χ3v) is 5.46. The van der Waals surface area contributed by atoms with E-state index in [1.807, 2.05) is 59.2 Å². The highest BCUT2D eigenvalue weighted by atomic mass is 32.2. The van der Waals surface area contributed by atoms with Gasteiger partial charge in [-0.3, -0.25) is 19.5 Å². The van der Waals surface area contributed by atoms with Crippen LogP contribution < -0.4 is 5.73 Å². The number of rotatable bonds is 6. The molecule has 4 aromatic rings. The van der Waals surface area contributed by atoms with Gasteiger partial charge in [0.25, 0.3) is 5.69 Å². The Bertz CT molecular complexity index is 1220. The van der Waals surface area contributed by atoms with Gasteiger partial charge in [0.1, 0.15) is 0 Å². The first kappa shape index (κ1) is 18.7. The normalized spacial score (nSPS) is 10.9. The highest BCUT2D eigenvalue weighted by molar-refractivity contribution is 7.98. The van der Waals surface area contributed by atoms with Crippen molar-refractivity contribution >= 4 is 34.4 Å². The molecule has 0 saturated heterocycles. The van der Waals surface area contributed by atoms with Crippen LogP contribution in [0.1, 0.15) is 15.9 Å². The third-order valence-electron chi connectivity index (χ3n) is 4.47. The summed E-state index contributed by atoms with van der Waals surface area (Å²) in [5.41, 5.74) is 8.49. The minimum absolute atomic E-state index is 0.113. The number of imidazole rings is 1. The number of carbonyl (C=O) groups is 1. The first-order valence-electron chi connectivity index (χ1n) is 8.77. The number of benzene rings is 3. The second kappa shape index (κ2) is 7.76. The molecule has 0 fully saturated rings. The molecular formula is C21H16N4O3S. The number of primary amides is 1. The molecule has 2 N–H and O–H groups in total. The van der Waals surface area contributed by atoms with Crippen LogP contribution in [0.4, 0.5) is 5.69 Å². The number of amides is 1. The van der Waals surface area contributed by atoms with Gasteiger partial charge in [-0.25, -0.2) is 4.98 Å². The second-order valence-electron chi connectivity index (χ2n) is 6.31. The van der Waals surface area contributed by atoms with Crippen LogP contribution in [0.15, 0.2) is 78.0 Å². The molecule has 29 heavy (non-hydrogen) atoms. The van der Waals surface area contributed by atoms with Crippen molar-refractivity contribution in [3.05, 3.63) is 94.0 Å². The molecule has 0 unspecified atom stereocenters. The lowest BCUT2D eigenvalue weighted by atomic mass is 10.1. The molecular weight excluding hydrogens is 388 g/mol. The lowest BCUT2D eigenvalue weighted by Crippen LogP contribution is -2.11. The van der Waals surface area contributed by atoms with Gasteiger partial charge in [-0.05, 0) is 30.3 Å². The highest BCUT2D eigenvalue weighted by Crippen LogP contribution is 2.32. The maximum absolute atomic E-state index is 11.5. The van der Waals surface area contributed by atoms with E-state index in [1.54, 1.807) is 6.07 Å². The summed E-state index contributed by atoms with van der Waals surface area (Å²) in [6.07, 6.45) is 0. The molecule has 1 heterocycles. The lowest BCUT2D eigenvalue weighted by molar-refractivity contribution is -0.385. The molecule has 0 saturated carbocycles. The Morgan fingerprint density at radius 3 is 2.52 bits per heavy atom. The number of thioether (sulfide) groups is 1. The Balaban J connectivity index is 1.73. The van der Waals surface area contributed by atoms with Gasteiger partial charge in [0.15, 0.2) is 5.16 Å². The van der Waals surface area contributed by atoms with Gasteiger partial charge >= 0.3 is 0 Å². The lowest BCUT2D eigenvalue weighted by Gasteiger charge is -2.09. The Hall–Kier alpha value is -3.65. The largest absolute Gasteiger partial charge is 0.366 e. The molecule has 0 aliphatic heterocycles. The predicted molar refractivity (Wildman–Crippen MR) is 112 cm³/mol. The van der Waals surface area contributed by atoms with Gasteiger partial charge in [0.2, 0.25) is 5.91 Å². The van der Waals surface area contributed by atoms with Crippen molar-refractivity contribution in [3.8, 4) is 5.69 Å². The Kier molecular flexibility index (Phi) is 5.01. The van der Waals surface area contributed by atoms with Crippen LogP contribution in [0.5, 0.6) is 0 Å². The van der Waals surface area contributed by atoms with Crippen molar-refractivity contribution in [2.45, 2.75) is 10.9 Å². The van der Waals surface area contributed by atoms with E-state index < -0.39 is 10.8 Å². The summed E-state index contributed by atoms with van der Waals surface area (Å²) < 4.78 is 2.03. The monoisotopic (exact) mass is 404 g/mol. The van der Waals surface area contributed by atoms with Crippen LogP contribution in [0.25, 0.3) is 16.7 Å². The summed E-state index contributed by atoms with van der Waals surface area (Å²) in [5.74, 6) is -0.371. The van der Waals surface area contributed by atoms with Crippen molar-refractivity contribution in [3.63, 3.8) is 0 Å². The highest BCUT2D eigenvalue weighted by Gasteiger charge is 2.19. The van der Waals surface area contributed by atoms with E-state index >= 15 is 0 Å². The zero-order chi connectivity index (χ0) is 20.4. The summed E-state index contributed by atoms with van der Waals surface area (Å²) in [4.78, 5) is 27.0. The smallest absolute Gasteiger partial charge is 0.274 e. The molecule has 0 atom stereocenters. The molecule has 4 rings (SSSR count). The number of carbonyl (C=O) groups excluding carboxylic acids is 1. The van der Waals surface area contributed by atoms with Gasteiger partial charge < -0.3 is 5.73 Å². The van der Waals surface area contributed by atoms with E-state index in [2.05, 4.69) is 0 Å². The summed E-state index contributed by atoms with van der Waals surface area (Å²) in [7, 11) is 0. The summed E-state index contributed by atoms with van der Waals surface area (Å²) >= 11 is 1.40. The van der Waals surface area contributed by atoms with E-state index in [4.69, 9.17) is 10.7 Å². The van der Waals surface area contributed by atoms with Crippen molar-refractivity contribution < 1.29 is 9.72 Å². The van der Waals surface area contributed by atoms with Crippen molar-refractivity contribution in [2.75, 3.05) is 0 Å². The first-order valence-corrected chi connectivity index (χ1v) is 9.76. The molecule has 0 radical (unpaired) electrons. The number of aromatic nitrogens is 2. The van der Waals surface area contributed by atoms with E-state index in [1.165, 1.54) is 23.9 Å². The maximum Gasteiger partial charge on any atom is 0.274 e. The number of para-hydroxylation sites is 3. The van der Waals surface area contributed by atoms with Gasteiger partial charge in [0.05, 0.1) is 16.0 Å². The molecule has 0 aliphatic rings. The van der Waals surface area contributed by atoms with Crippen molar-refractivity contribution in [1.29, 1.82) is 0 Å². The minimum atomic E-state index is -0.696. The SMILES string of the molecule is NC(=O)c1ccc(CSc2nc3ccccc3n2-c2ccccc2)c([N+](=O)[O-])c1. The molecule has 8 heteroatoms. The predicted octanol–water partition coefficient (Wildman–Crippen LogP) is 4.32. The molecule has 0 bridgehead atoms. The third kappa shape index (κ3) is 3.70. The topological polar surface area (TPSA) is 104 Å². The fourth-order valence-electron chi connectivity index (χ4n) is 3.08. The van der Waals surface area contributed by atoms with Crippen molar-refractivity contribution in [1.82, 2.24) is 9.55 Å². The quantitative estimate of drug-likeness (QED) is 0.293. The molecule has 7 nitrogen and oxygen atoms in total. The molecule has 1 aromatic heterocycles. The molecule has 1 amide bonds. The maximum atomic E-state index is 11.5. The van der Waals surface area contributed by atoms with Gasteiger partial charge in [-0.15, -0.1) is 0 Å². The number of nitro groups is 1. The number of hydrogen-bond acceptors (Lipinski definition) is 5. The number of nitrogens with zero attached hydrogens (tertiary/aromatic N) is 3. The molecule has 0 spiro atoms. The van der Waals surface area contributed by atoms with Crippen LogP contribution in [-0.2, 0) is 5.75 Å². The molecule has 3 aromatic carbocycles. The van der Waals surface area contributed by atoms with Gasteiger partial charge in [-0.1, -0.05) is 48.2 Å². The second-order valence-corrected chi connectivity index (χ2v) is 7.25. The average Bonchev–Trinajstić information content (AvgIpc) is 3.11. The fourth-order valence-corrected chi connectivity index (χ4v) is 4.10. The van der Waals surface area contributed by atoms with Gasteiger partial charge in [0, 0.05) is 28.6 Å². The number of fused-ring (bicyclic) bond motifs is 1. The summed E-state index contributed by atoms with van der Waals surface area (Å²) in [6.45, 7) is 0. The van der Waals surface area contributed by atoms with Crippen LogP contribution in [0, 0.1) is 10.1 Å². The van der Waals surface area contributed by atoms with Gasteiger partial charge in [-0.2, -0.15) is 0 Å². The number of nitrogens with two attached hydrogens (primary N) is 1. The van der Waals surface area contributed by atoms with E-state index in [-0.39, 0.29) is 11.3 Å². The van der Waals surface area contributed by atoms with Crippen LogP contribution >= 0.6 is 11.8 Å².